The second-order valence-corrected chi connectivity index (χ2v) is 3.13. The molecule has 0 aliphatic rings. The van der Waals surface area contributed by atoms with Crippen molar-refractivity contribution >= 4 is 5.78 Å². The van der Waals surface area contributed by atoms with Gasteiger partial charge in [0.25, 0.3) is 5.56 Å². The molecule has 0 aliphatic heterocycles. The largest absolute Gasteiger partial charge is 0.494 e. The van der Waals surface area contributed by atoms with Gasteiger partial charge in [0.1, 0.15) is 5.56 Å². The van der Waals surface area contributed by atoms with Crippen molar-refractivity contribution in [2.24, 2.45) is 0 Å². The van der Waals surface area contributed by atoms with Crippen LogP contribution in [0.15, 0.2) is 22.2 Å². The van der Waals surface area contributed by atoms with E-state index in [2.05, 4.69) is 6.58 Å². The van der Waals surface area contributed by atoms with Crippen LogP contribution in [0, 0.1) is 0 Å². The standard InChI is InChI=1S/C10H12N2O4/c1-3-5-12-9(15)7(6(13)4-2)8(14)11-10(12)16/h3,15H,1,4-5H2,2H3,(H,11,14,16). The molecule has 0 radical (unpaired) electrons. The number of rotatable bonds is 4. The molecular weight excluding hydrogens is 212 g/mol. The Hall–Kier alpha value is -2.11. The molecule has 0 saturated heterocycles. The number of aromatic amines is 1. The third-order valence-electron chi connectivity index (χ3n) is 2.08. The summed E-state index contributed by atoms with van der Waals surface area (Å²) in [5.41, 5.74) is -2.02. The van der Waals surface area contributed by atoms with Crippen LogP contribution >= 0.6 is 0 Å². The Bertz CT molecular complexity index is 539. The number of hydrogen-bond donors (Lipinski definition) is 2. The average molecular weight is 224 g/mol. The highest BCUT2D eigenvalue weighted by Crippen LogP contribution is 2.11. The predicted molar refractivity (Wildman–Crippen MR) is 57.8 cm³/mol. The van der Waals surface area contributed by atoms with Crippen molar-refractivity contribution < 1.29 is 9.90 Å². The molecule has 0 atom stereocenters. The molecule has 0 amide bonds. The van der Waals surface area contributed by atoms with E-state index >= 15 is 0 Å². The lowest BCUT2D eigenvalue weighted by Gasteiger charge is -2.07. The van der Waals surface area contributed by atoms with Crippen LogP contribution in [0.25, 0.3) is 0 Å². The Labute approximate surface area is 90.9 Å². The first-order valence-electron chi connectivity index (χ1n) is 4.73. The fourth-order valence-electron chi connectivity index (χ4n) is 1.29. The Morgan fingerprint density at radius 3 is 2.69 bits per heavy atom. The first-order valence-corrected chi connectivity index (χ1v) is 4.73. The van der Waals surface area contributed by atoms with Gasteiger partial charge in [0.2, 0.25) is 5.88 Å². The topological polar surface area (TPSA) is 92.2 Å². The van der Waals surface area contributed by atoms with E-state index in [0.717, 1.165) is 4.57 Å². The Morgan fingerprint density at radius 1 is 1.56 bits per heavy atom. The lowest BCUT2D eigenvalue weighted by atomic mass is 10.1. The normalized spacial score (nSPS) is 10.1. The van der Waals surface area contributed by atoms with Crippen LogP contribution < -0.4 is 11.2 Å². The van der Waals surface area contributed by atoms with Gasteiger partial charge in [-0.1, -0.05) is 13.0 Å². The van der Waals surface area contributed by atoms with Gasteiger partial charge in [0.15, 0.2) is 5.78 Å². The Morgan fingerprint density at radius 2 is 2.19 bits per heavy atom. The number of allylic oxidation sites excluding steroid dienone is 1. The second-order valence-electron chi connectivity index (χ2n) is 3.13. The van der Waals surface area contributed by atoms with Crippen molar-refractivity contribution in [2.75, 3.05) is 0 Å². The number of aromatic nitrogens is 2. The lowest BCUT2D eigenvalue weighted by molar-refractivity contribution is 0.0982. The van der Waals surface area contributed by atoms with Gasteiger partial charge in [-0.15, -0.1) is 6.58 Å². The molecule has 86 valence electrons. The van der Waals surface area contributed by atoms with Crippen molar-refractivity contribution in [3.05, 3.63) is 39.1 Å². The minimum Gasteiger partial charge on any atom is -0.494 e. The molecule has 1 aromatic heterocycles. The van der Waals surface area contributed by atoms with Crippen LogP contribution in [0.2, 0.25) is 0 Å². The highest BCUT2D eigenvalue weighted by atomic mass is 16.3. The molecule has 1 heterocycles. The molecule has 0 saturated carbocycles. The van der Waals surface area contributed by atoms with Crippen molar-refractivity contribution in [3.8, 4) is 5.88 Å². The summed E-state index contributed by atoms with van der Waals surface area (Å²) in [5.74, 6) is -1.13. The van der Waals surface area contributed by atoms with Gasteiger partial charge >= 0.3 is 5.69 Å². The minimum atomic E-state index is -0.866. The smallest absolute Gasteiger partial charge is 0.331 e. The van der Waals surface area contributed by atoms with E-state index in [9.17, 15) is 19.5 Å². The molecule has 16 heavy (non-hydrogen) atoms. The molecule has 0 aromatic carbocycles. The summed E-state index contributed by atoms with van der Waals surface area (Å²) in [6.45, 7) is 4.99. The molecule has 1 aromatic rings. The fourth-order valence-corrected chi connectivity index (χ4v) is 1.29. The number of nitrogens with one attached hydrogen (secondary N) is 1. The highest BCUT2D eigenvalue weighted by molar-refractivity contribution is 5.97. The second kappa shape index (κ2) is 4.61. The zero-order valence-electron chi connectivity index (χ0n) is 8.82. The zero-order valence-corrected chi connectivity index (χ0v) is 8.82. The molecule has 0 aliphatic carbocycles. The molecule has 0 fully saturated rings. The predicted octanol–water partition coefficient (Wildman–Crippen LogP) is 0.0209. The van der Waals surface area contributed by atoms with E-state index in [4.69, 9.17) is 0 Å². The van der Waals surface area contributed by atoms with Crippen LogP contribution in [0.4, 0.5) is 0 Å². The van der Waals surface area contributed by atoms with E-state index in [0.29, 0.717) is 0 Å². The first kappa shape index (κ1) is 12.0. The summed E-state index contributed by atoms with van der Waals surface area (Å²) in [7, 11) is 0. The molecule has 0 unspecified atom stereocenters. The van der Waals surface area contributed by atoms with Crippen LogP contribution in [-0.2, 0) is 6.54 Å². The molecule has 1 rings (SSSR count). The zero-order chi connectivity index (χ0) is 12.3. The van der Waals surface area contributed by atoms with E-state index in [1.54, 1.807) is 6.92 Å². The van der Waals surface area contributed by atoms with Crippen LogP contribution in [-0.4, -0.2) is 20.4 Å². The van der Waals surface area contributed by atoms with Gasteiger partial charge in [-0.25, -0.2) is 4.79 Å². The number of H-pyrrole nitrogens is 1. The number of hydrogen-bond acceptors (Lipinski definition) is 4. The SMILES string of the molecule is C=CCn1c(O)c(C(=O)CC)c(=O)[nH]c1=O. The van der Waals surface area contributed by atoms with Crippen LogP contribution in [0.1, 0.15) is 23.7 Å². The summed E-state index contributed by atoms with van der Waals surface area (Å²) in [5, 5.41) is 9.66. The first-order chi connectivity index (χ1) is 7.52. The summed E-state index contributed by atoms with van der Waals surface area (Å²) >= 11 is 0. The number of ketones is 1. The molecular formula is C10H12N2O4. The van der Waals surface area contributed by atoms with Gasteiger partial charge in [-0.2, -0.15) is 0 Å². The monoisotopic (exact) mass is 224 g/mol. The summed E-state index contributed by atoms with van der Waals surface area (Å²) in [4.78, 5) is 36.0. The molecule has 6 nitrogen and oxygen atoms in total. The Balaban J connectivity index is 3.57. The maximum absolute atomic E-state index is 11.4. The van der Waals surface area contributed by atoms with Crippen molar-refractivity contribution in [2.45, 2.75) is 19.9 Å². The lowest BCUT2D eigenvalue weighted by Crippen LogP contribution is -2.33. The average Bonchev–Trinajstić information content (AvgIpc) is 2.23. The van der Waals surface area contributed by atoms with Gasteiger partial charge in [0, 0.05) is 13.0 Å². The molecule has 0 spiro atoms. The number of Topliss-reactive ketones (excluding diaryl/α,β-unsaturated/α-hetero) is 1. The summed E-state index contributed by atoms with van der Waals surface area (Å²) in [6, 6.07) is 0. The molecule has 0 bridgehead atoms. The van der Waals surface area contributed by atoms with E-state index in [-0.39, 0.29) is 18.5 Å². The van der Waals surface area contributed by atoms with Gasteiger partial charge in [-0.05, 0) is 0 Å². The number of carbonyl (C=O) groups is 1. The van der Waals surface area contributed by atoms with Crippen LogP contribution in [0.5, 0.6) is 5.88 Å². The quantitative estimate of drug-likeness (QED) is 0.557. The maximum Gasteiger partial charge on any atom is 0.331 e. The van der Waals surface area contributed by atoms with Crippen LogP contribution in [0.3, 0.4) is 0 Å². The minimum absolute atomic E-state index is 0.0193. The maximum atomic E-state index is 11.4. The molecule has 6 heteroatoms. The van der Waals surface area contributed by atoms with Gasteiger partial charge in [0.05, 0.1) is 0 Å². The van der Waals surface area contributed by atoms with Gasteiger partial charge < -0.3 is 5.11 Å². The highest BCUT2D eigenvalue weighted by Gasteiger charge is 2.18. The Kier molecular flexibility index (Phi) is 3.44. The number of aromatic hydroxyl groups is 1. The van der Waals surface area contributed by atoms with Gasteiger partial charge in [-0.3, -0.25) is 19.1 Å². The van der Waals surface area contributed by atoms with Crippen molar-refractivity contribution in [3.63, 3.8) is 0 Å². The third-order valence-corrected chi connectivity index (χ3v) is 2.08. The van der Waals surface area contributed by atoms with E-state index < -0.39 is 22.9 Å². The van der Waals surface area contributed by atoms with Crippen molar-refractivity contribution in [1.82, 2.24) is 9.55 Å². The summed E-state index contributed by atoms with van der Waals surface area (Å²) < 4.78 is 0.872. The number of carbonyl (C=O) groups excluding carboxylic acids is 1. The fraction of sp³-hybridized carbons (Fsp3) is 0.300. The molecule has 2 N–H and O–H groups in total. The number of nitrogens with zero attached hydrogens (tertiary/aromatic N) is 1. The summed E-state index contributed by atoms with van der Waals surface area (Å²) in [6.07, 6.45) is 1.45. The van der Waals surface area contributed by atoms with E-state index in [1.807, 2.05) is 4.98 Å². The van der Waals surface area contributed by atoms with Crippen molar-refractivity contribution in [1.29, 1.82) is 0 Å². The third kappa shape index (κ3) is 1.95. The van der Waals surface area contributed by atoms with E-state index in [1.165, 1.54) is 6.08 Å².